The van der Waals surface area contributed by atoms with Crippen LogP contribution >= 0.6 is 0 Å². The molecular formula is C18H28N2OSe. The Labute approximate surface area is 143 Å². The Balaban J connectivity index is 3.42. The average molecular weight is 367 g/mol. The Morgan fingerprint density at radius 2 is 1.64 bits per heavy atom. The van der Waals surface area contributed by atoms with Gasteiger partial charge in [-0.1, -0.05) is 0 Å². The quantitative estimate of drug-likeness (QED) is 0.546. The first kappa shape index (κ1) is 19.0. The molecule has 0 bridgehead atoms. The number of amides is 1. The molecule has 0 aromatic heterocycles. The third kappa shape index (κ3) is 4.45. The van der Waals surface area contributed by atoms with Crippen LogP contribution in [0.15, 0.2) is 34.8 Å². The van der Waals surface area contributed by atoms with Crippen molar-refractivity contribution in [1.29, 1.82) is 0 Å². The van der Waals surface area contributed by atoms with Crippen molar-refractivity contribution < 1.29 is 4.79 Å². The molecule has 1 atom stereocenters. The van der Waals surface area contributed by atoms with Crippen LogP contribution in [0.3, 0.4) is 0 Å². The summed E-state index contributed by atoms with van der Waals surface area (Å²) < 4.78 is 0.794. The summed E-state index contributed by atoms with van der Waals surface area (Å²) in [5.74, 6) is 0.115. The molecular weight excluding hydrogens is 339 g/mol. The van der Waals surface area contributed by atoms with Gasteiger partial charge in [0.25, 0.3) is 0 Å². The van der Waals surface area contributed by atoms with Gasteiger partial charge in [0.2, 0.25) is 0 Å². The molecule has 4 heteroatoms. The van der Waals surface area contributed by atoms with Crippen LogP contribution in [0, 0.1) is 0 Å². The summed E-state index contributed by atoms with van der Waals surface area (Å²) in [6.07, 6.45) is 0.962. The summed E-state index contributed by atoms with van der Waals surface area (Å²) in [5.41, 5.74) is 2.24. The Kier molecular flexibility index (Phi) is 7.88. The molecule has 122 valence electrons. The fraction of sp³-hybridized carbons (Fsp3) is 0.500. The minimum absolute atomic E-state index is 0.115. The van der Waals surface area contributed by atoms with Gasteiger partial charge in [-0.25, -0.2) is 0 Å². The van der Waals surface area contributed by atoms with Gasteiger partial charge in [0.15, 0.2) is 0 Å². The van der Waals surface area contributed by atoms with Crippen molar-refractivity contribution in [3.05, 3.63) is 40.4 Å². The standard InChI is InChI=1S/C18H28N2OSe/c1-6-15(19(4)5)16(14-12-10-9-11-13-14)17(22)18(21)20(7-2)8-3/h9-13,15,22H,6-8H2,1-5H3. The van der Waals surface area contributed by atoms with E-state index in [9.17, 15) is 4.79 Å². The Morgan fingerprint density at radius 1 is 1.09 bits per heavy atom. The number of rotatable bonds is 7. The molecule has 0 aliphatic heterocycles. The van der Waals surface area contributed by atoms with Crippen LogP contribution in [0.1, 0.15) is 32.8 Å². The summed E-state index contributed by atoms with van der Waals surface area (Å²) in [6, 6.07) is 10.5. The van der Waals surface area contributed by atoms with E-state index in [0.29, 0.717) is 0 Å². The second-order valence-electron chi connectivity index (χ2n) is 5.49. The van der Waals surface area contributed by atoms with Crippen LogP contribution in [0.4, 0.5) is 0 Å². The van der Waals surface area contributed by atoms with Gasteiger partial charge in [0, 0.05) is 0 Å². The van der Waals surface area contributed by atoms with E-state index < -0.39 is 0 Å². The Morgan fingerprint density at radius 3 is 2.05 bits per heavy atom. The summed E-state index contributed by atoms with van der Waals surface area (Å²) in [7, 11) is 4.14. The van der Waals surface area contributed by atoms with Crippen molar-refractivity contribution in [1.82, 2.24) is 9.80 Å². The van der Waals surface area contributed by atoms with E-state index in [1.54, 1.807) is 0 Å². The molecule has 0 aliphatic carbocycles. The van der Waals surface area contributed by atoms with Gasteiger partial charge in [-0.2, -0.15) is 0 Å². The average Bonchev–Trinajstić information content (AvgIpc) is 2.53. The summed E-state index contributed by atoms with van der Waals surface area (Å²) in [4.78, 5) is 16.9. The molecule has 0 saturated carbocycles. The van der Waals surface area contributed by atoms with E-state index in [1.165, 1.54) is 0 Å². The first-order valence-electron chi connectivity index (χ1n) is 7.92. The molecule has 0 fully saturated rings. The molecule has 1 aromatic carbocycles. The number of benzene rings is 1. The molecule has 1 rings (SSSR count). The number of hydrogen-bond donors (Lipinski definition) is 0. The zero-order valence-corrected chi connectivity index (χ0v) is 16.2. The van der Waals surface area contributed by atoms with E-state index in [-0.39, 0.29) is 11.9 Å². The first-order valence-corrected chi connectivity index (χ1v) is 8.85. The second-order valence-corrected chi connectivity index (χ2v) is 6.43. The summed E-state index contributed by atoms with van der Waals surface area (Å²) >= 11 is 2.51. The predicted octanol–water partition coefficient (Wildman–Crippen LogP) is 2.51. The molecule has 0 N–H and O–H groups in total. The van der Waals surface area contributed by atoms with Gasteiger partial charge in [-0.15, -0.1) is 0 Å². The fourth-order valence-corrected chi connectivity index (χ4v) is 3.59. The monoisotopic (exact) mass is 368 g/mol. The van der Waals surface area contributed by atoms with Crippen molar-refractivity contribution >= 4 is 27.5 Å². The van der Waals surface area contributed by atoms with Crippen molar-refractivity contribution in [3.8, 4) is 0 Å². The SMILES string of the molecule is CCC(C(=C([SeH])C(=O)N(CC)CC)c1ccccc1)N(C)C. The molecule has 0 saturated heterocycles. The minimum atomic E-state index is 0.115. The number of carbonyl (C=O) groups is 1. The fourth-order valence-electron chi connectivity index (χ4n) is 2.71. The topological polar surface area (TPSA) is 23.6 Å². The number of likely N-dealkylation sites (N-methyl/N-ethyl adjacent to an activating group) is 2. The van der Waals surface area contributed by atoms with Crippen LogP contribution in [-0.4, -0.2) is 64.9 Å². The first-order chi connectivity index (χ1) is 10.5. The Hall–Kier alpha value is -1.09. The van der Waals surface area contributed by atoms with Crippen LogP contribution in [-0.2, 0) is 4.79 Å². The zero-order valence-electron chi connectivity index (χ0n) is 14.3. The number of carbonyl (C=O) groups excluding carboxylic acids is 1. The molecule has 1 aromatic rings. The van der Waals surface area contributed by atoms with Crippen molar-refractivity contribution in [2.24, 2.45) is 0 Å². The molecule has 0 aliphatic rings. The van der Waals surface area contributed by atoms with Gasteiger partial charge < -0.3 is 0 Å². The van der Waals surface area contributed by atoms with Gasteiger partial charge >= 0.3 is 143 Å². The van der Waals surface area contributed by atoms with Crippen molar-refractivity contribution in [3.63, 3.8) is 0 Å². The van der Waals surface area contributed by atoms with Gasteiger partial charge in [0.1, 0.15) is 0 Å². The molecule has 0 radical (unpaired) electrons. The molecule has 0 spiro atoms. The Bertz CT molecular complexity index is 507. The van der Waals surface area contributed by atoms with E-state index >= 15 is 0 Å². The molecule has 0 heterocycles. The number of hydrogen-bond acceptors (Lipinski definition) is 2. The summed E-state index contributed by atoms with van der Waals surface area (Å²) in [6.45, 7) is 7.67. The third-order valence-corrected chi connectivity index (χ3v) is 4.84. The third-order valence-electron chi connectivity index (χ3n) is 3.94. The summed E-state index contributed by atoms with van der Waals surface area (Å²) in [5, 5.41) is 0. The van der Waals surface area contributed by atoms with Crippen molar-refractivity contribution in [2.45, 2.75) is 33.2 Å². The van der Waals surface area contributed by atoms with E-state index in [0.717, 1.165) is 35.1 Å². The van der Waals surface area contributed by atoms with Gasteiger partial charge in [-0.3, -0.25) is 0 Å². The predicted molar refractivity (Wildman–Crippen MR) is 96.2 cm³/mol. The normalized spacial score (nSPS) is 13.8. The second kappa shape index (κ2) is 9.14. The van der Waals surface area contributed by atoms with Crippen LogP contribution in [0.2, 0.25) is 0 Å². The maximum absolute atomic E-state index is 12.8. The number of nitrogens with zero attached hydrogens (tertiary/aromatic N) is 2. The van der Waals surface area contributed by atoms with E-state index in [4.69, 9.17) is 0 Å². The van der Waals surface area contributed by atoms with Gasteiger partial charge in [0.05, 0.1) is 0 Å². The maximum atomic E-state index is 12.8. The molecule has 22 heavy (non-hydrogen) atoms. The molecule has 1 unspecified atom stereocenters. The van der Waals surface area contributed by atoms with E-state index in [2.05, 4.69) is 54.1 Å². The zero-order chi connectivity index (χ0) is 16.7. The van der Waals surface area contributed by atoms with Crippen molar-refractivity contribution in [2.75, 3.05) is 27.2 Å². The van der Waals surface area contributed by atoms with Crippen LogP contribution in [0.25, 0.3) is 5.57 Å². The molecule has 1 amide bonds. The van der Waals surface area contributed by atoms with E-state index in [1.807, 2.05) is 36.9 Å². The van der Waals surface area contributed by atoms with Gasteiger partial charge in [-0.05, 0) is 0 Å². The molecule has 3 nitrogen and oxygen atoms in total. The van der Waals surface area contributed by atoms with Crippen LogP contribution in [0.5, 0.6) is 0 Å². The van der Waals surface area contributed by atoms with Crippen LogP contribution < -0.4 is 0 Å².